The van der Waals surface area contributed by atoms with Crippen LogP contribution in [0.3, 0.4) is 0 Å². The number of hydrogen-bond acceptors (Lipinski definition) is 7. The third kappa shape index (κ3) is 19.0. The van der Waals surface area contributed by atoms with Crippen LogP contribution in [0.4, 0.5) is 0 Å². The van der Waals surface area contributed by atoms with Gasteiger partial charge in [-0.2, -0.15) is 23.5 Å². The van der Waals surface area contributed by atoms with Gasteiger partial charge < -0.3 is 21.1 Å². The molecule has 1 unspecified atom stereocenters. The van der Waals surface area contributed by atoms with E-state index in [1.54, 1.807) is 0 Å². The normalized spacial score (nSPS) is 11.6. The fourth-order valence-corrected chi connectivity index (χ4v) is 1.98. The van der Waals surface area contributed by atoms with Gasteiger partial charge in [0, 0.05) is 18.8 Å². The van der Waals surface area contributed by atoms with E-state index in [-0.39, 0.29) is 17.4 Å². The van der Waals surface area contributed by atoms with Crippen LogP contribution in [0.2, 0.25) is 0 Å². The Morgan fingerprint density at radius 3 is 2.13 bits per heavy atom. The SMILES string of the molecule is CC(C)(C)OC=O.CSCC(=O)NCCNC(=O)C(N)CSC. The second-order valence-electron chi connectivity index (χ2n) is 5.46. The maximum Gasteiger partial charge on any atom is 0.293 e. The van der Waals surface area contributed by atoms with Crippen molar-refractivity contribution in [2.75, 3.05) is 37.1 Å². The van der Waals surface area contributed by atoms with Gasteiger partial charge >= 0.3 is 0 Å². The number of rotatable bonds is 9. The summed E-state index contributed by atoms with van der Waals surface area (Å²) in [4.78, 5) is 32.0. The Hall–Kier alpha value is -0.930. The van der Waals surface area contributed by atoms with Gasteiger partial charge in [-0.3, -0.25) is 14.4 Å². The summed E-state index contributed by atoms with van der Waals surface area (Å²) in [6.07, 6.45) is 3.76. The summed E-state index contributed by atoms with van der Waals surface area (Å²) >= 11 is 2.99. The number of nitrogens with two attached hydrogens (primary N) is 1. The van der Waals surface area contributed by atoms with E-state index in [0.29, 0.717) is 31.1 Å². The molecule has 0 spiro atoms. The van der Waals surface area contributed by atoms with Crippen molar-refractivity contribution >= 4 is 41.8 Å². The Labute approximate surface area is 147 Å². The summed E-state index contributed by atoms with van der Waals surface area (Å²) in [5.41, 5.74) is 5.28. The molecule has 0 aliphatic carbocycles. The smallest absolute Gasteiger partial charge is 0.293 e. The quantitative estimate of drug-likeness (QED) is 0.395. The zero-order valence-corrected chi connectivity index (χ0v) is 16.1. The van der Waals surface area contributed by atoms with E-state index in [1.807, 2.05) is 33.3 Å². The van der Waals surface area contributed by atoms with Crippen LogP contribution in [0, 0.1) is 0 Å². The highest BCUT2D eigenvalue weighted by Crippen LogP contribution is 2.02. The van der Waals surface area contributed by atoms with Crippen molar-refractivity contribution in [3.05, 3.63) is 0 Å². The second-order valence-corrected chi connectivity index (χ2v) is 7.24. The van der Waals surface area contributed by atoms with Gasteiger partial charge in [-0.1, -0.05) is 0 Å². The zero-order valence-electron chi connectivity index (χ0n) is 14.5. The highest BCUT2D eigenvalue weighted by Gasteiger charge is 2.11. The Morgan fingerprint density at radius 2 is 1.74 bits per heavy atom. The monoisotopic (exact) mass is 367 g/mol. The first kappa shape index (κ1) is 24.3. The lowest BCUT2D eigenvalue weighted by atomic mass is 10.2. The maximum absolute atomic E-state index is 11.3. The predicted octanol–water partition coefficient (Wildman–Crippen LogP) is 0.230. The van der Waals surface area contributed by atoms with Crippen LogP contribution in [0.15, 0.2) is 0 Å². The van der Waals surface area contributed by atoms with Crippen LogP contribution in [0.25, 0.3) is 0 Å². The van der Waals surface area contributed by atoms with Crippen molar-refractivity contribution in [3.8, 4) is 0 Å². The lowest BCUT2D eigenvalue weighted by Crippen LogP contribution is -2.44. The van der Waals surface area contributed by atoms with E-state index < -0.39 is 6.04 Å². The minimum atomic E-state index is -0.475. The Kier molecular flexibility index (Phi) is 15.5. The first-order valence-electron chi connectivity index (χ1n) is 7.07. The van der Waals surface area contributed by atoms with Gasteiger partial charge in [0.15, 0.2) is 0 Å². The molecular weight excluding hydrogens is 338 g/mol. The minimum absolute atomic E-state index is 0.0184. The number of amides is 2. The Bertz CT molecular complexity index is 349. The van der Waals surface area contributed by atoms with Crippen molar-refractivity contribution in [2.24, 2.45) is 5.73 Å². The zero-order chi connectivity index (χ0) is 18.3. The molecule has 0 rings (SSSR count). The predicted molar refractivity (Wildman–Crippen MR) is 97.7 cm³/mol. The lowest BCUT2D eigenvalue weighted by Gasteiger charge is -2.14. The molecule has 0 saturated heterocycles. The van der Waals surface area contributed by atoms with Crippen molar-refractivity contribution < 1.29 is 19.1 Å². The van der Waals surface area contributed by atoms with Crippen molar-refractivity contribution in [1.29, 1.82) is 0 Å². The molecule has 1 atom stereocenters. The number of hydrogen-bond donors (Lipinski definition) is 3. The first-order chi connectivity index (χ1) is 10.7. The molecule has 0 aromatic rings. The third-order valence-corrected chi connectivity index (χ3v) is 3.35. The standard InChI is InChI=1S/C9H19N3O2S2.C5H10O2/c1-15-5-7(10)9(14)12-4-3-11-8(13)6-16-2;1-5(2,3)7-4-6/h7H,3-6,10H2,1-2H3,(H,11,13)(H,12,14);4H,1-3H3. The average Bonchev–Trinajstić information content (AvgIpc) is 2.43. The number of carbonyl (C=O) groups is 3. The first-order valence-corrected chi connectivity index (χ1v) is 9.86. The molecule has 2 amide bonds. The summed E-state index contributed by atoms with van der Waals surface area (Å²) < 4.78 is 4.55. The van der Waals surface area contributed by atoms with Crippen LogP contribution in [-0.2, 0) is 19.1 Å². The molecule has 0 aromatic carbocycles. The van der Waals surface area contributed by atoms with Gasteiger partial charge in [-0.25, -0.2) is 0 Å². The number of ether oxygens (including phenoxy) is 1. The van der Waals surface area contributed by atoms with Gasteiger partial charge in [0.05, 0.1) is 11.8 Å². The molecule has 136 valence electrons. The van der Waals surface area contributed by atoms with Gasteiger partial charge in [0.1, 0.15) is 5.60 Å². The maximum atomic E-state index is 11.3. The van der Waals surface area contributed by atoms with Crippen molar-refractivity contribution in [2.45, 2.75) is 32.4 Å². The second kappa shape index (κ2) is 14.6. The van der Waals surface area contributed by atoms with Gasteiger partial charge in [0.2, 0.25) is 11.8 Å². The van der Waals surface area contributed by atoms with Gasteiger partial charge in [-0.05, 0) is 33.3 Å². The molecule has 0 aliphatic rings. The molecular formula is C14H29N3O4S2. The molecule has 23 heavy (non-hydrogen) atoms. The van der Waals surface area contributed by atoms with Crippen LogP contribution >= 0.6 is 23.5 Å². The number of carbonyl (C=O) groups excluding carboxylic acids is 3. The summed E-state index contributed by atoms with van der Waals surface area (Å²) in [6, 6.07) is -0.475. The molecule has 9 heteroatoms. The highest BCUT2D eigenvalue weighted by molar-refractivity contribution is 7.99. The molecule has 0 aromatic heterocycles. The number of nitrogens with one attached hydrogen (secondary N) is 2. The van der Waals surface area contributed by atoms with E-state index in [0.717, 1.165) is 0 Å². The lowest BCUT2D eigenvalue weighted by molar-refractivity contribution is -0.138. The van der Waals surface area contributed by atoms with E-state index in [1.165, 1.54) is 23.5 Å². The molecule has 0 heterocycles. The van der Waals surface area contributed by atoms with E-state index in [2.05, 4.69) is 15.4 Å². The van der Waals surface area contributed by atoms with Gasteiger partial charge in [-0.15, -0.1) is 0 Å². The number of thioether (sulfide) groups is 2. The average molecular weight is 368 g/mol. The van der Waals surface area contributed by atoms with Gasteiger partial charge in [0.25, 0.3) is 6.47 Å². The van der Waals surface area contributed by atoms with Crippen LogP contribution < -0.4 is 16.4 Å². The third-order valence-electron chi connectivity index (χ3n) is 2.11. The topological polar surface area (TPSA) is 111 Å². The fraction of sp³-hybridized carbons (Fsp3) is 0.786. The molecule has 0 aliphatic heterocycles. The molecule has 0 bridgehead atoms. The van der Waals surface area contributed by atoms with Crippen LogP contribution in [-0.4, -0.2) is 67.0 Å². The van der Waals surface area contributed by atoms with E-state index in [4.69, 9.17) is 5.73 Å². The molecule has 7 nitrogen and oxygen atoms in total. The van der Waals surface area contributed by atoms with Crippen LogP contribution in [0.1, 0.15) is 20.8 Å². The van der Waals surface area contributed by atoms with Crippen molar-refractivity contribution in [1.82, 2.24) is 10.6 Å². The minimum Gasteiger partial charge on any atom is -0.462 e. The summed E-state index contributed by atoms with van der Waals surface area (Å²) in [7, 11) is 0. The molecule has 0 saturated carbocycles. The van der Waals surface area contributed by atoms with Crippen LogP contribution in [0.5, 0.6) is 0 Å². The summed E-state index contributed by atoms with van der Waals surface area (Å²) in [5, 5.41) is 5.36. The molecule has 0 fully saturated rings. The fourth-order valence-electron chi connectivity index (χ4n) is 1.10. The van der Waals surface area contributed by atoms with E-state index in [9.17, 15) is 14.4 Å². The Balaban J connectivity index is 0. The highest BCUT2D eigenvalue weighted by atomic mass is 32.2. The largest absolute Gasteiger partial charge is 0.462 e. The molecule has 4 N–H and O–H groups in total. The van der Waals surface area contributed by atoms with E-state index >= 15 is 0 Å². The Morgan fingerprint density at radius 1 is 1.17 bits per heavy atom. The van der Waals surface area contributed by atoms with Crippen molar-refractivity contribution in [3.63, 3.8) is 0 Å². The molecule has 0 radical (unpaired) electrons. The summed E-state index contributed by atoms with van der Waals surface area (Å²) in [5.74, 6) is 0.855. The summed E-state index contributed by atoms with van der Waals surface area (Å²) in [6.45, 7) is 6.78.